The van der Waals surface area contributed by atoms with Gasteiger partial charge in [0.15, 0.2) is 0 Å². The van der Waals surface area contributed by atoms with E-state index in [9.17, 15) is 9.59 Å². The Labute approximate surface area is 332 Å². The highest BCUT2D eigenvalue weighted by Gasteiger charge is 2.24. The summed E-state index contributed by atoms with van der Waals surface area (Å²) in [7, 11) is 0. The number of hydrogen-bond donors (Lipinski definition) is 0. The summed E-state index contributed by atoms with van der Waals surface area (Å²) >= 11 is 0. The number of unbranched alkanes of at least 4 members (excludes halogenated alkanes) is 33. The molecule has 1 atom stereocenters. The van der Waals surface area contributed by atoms with Crippen LogP contribution in [0.15, 0.2) is 12.2 Å². The van der Waals surface area contributed by atoms with Gasteiger partial charge in [-0.3, -0.25) is 9.59 Å². The lowest BCUT2D eigenvalue weighted by Gasteiger charge is -2.16. The summed E-state index contributed by atoms with van der Waals surface area (Å²) in [5.74, 6) is -0.781. The Kier molecular flexibility index (Phi) is 43.9. The second-order valence-electron chi connectivity index (χ2n) is 16.4. The quantitative estimate of drug-likeness (QED) is 0.0354. The molecule has 4 heteroatoms. The molecule has 0 aliphatic rings. The van der Waals surface area contributed by atoms with Crippen LogP contribution in [-0.2, 0) is 19.1 Å². The van der Waals surface area contributed by atoms with Crippen LogP contribution < -0.4 is 0 Å². The van der Waals surface area contributed by atoms with E-state index in [1.54, 1.807) is 0 Å². The first-order valence-electron chi connectivity index (χ1n) is 24.1. The third-order valence-electron chi connectivity index (χ3n) is 11.1. The zero-order valence-corrected chi connectivity index (χ0v) is 36.4. The van der Waals surface area contributed by atoms with Crippen LogP contribution >= 0.6 is 0 Å². The molecule has 0 aromatic heterocycles. The molecule has 0 saturated heterocycles. The summed E-state index contributed by atoms with van der Waals surface area (Å²) in [6.45, 7) is 7.77. The number of esters is 2. The lowest BCUT2D eigenvalue weighted by molar-refractivity contribution is -0.155. The van der Waals surface area contributed by atoms with Gasteiger partial charge in [0.25, 0.3) is 0 Å². The monoisotopic (exact) mass is 747 g/mol. The molecule has 0 aromatic carbocycles. The van der Waals surface area contributed by atoms with Crippen molar-refractivity contribution in [3.8, 4) is 0 Å². The minimum absolute atomic E-state index is 0.168. The first-order valence-corrected chi connectivity index (χ1v) is 24.1. The van der Waals surface area contributed by atoms with E-state index in [-0.39, 0.29) is 24.3 Å². The van der Waals surface area contributed by atoms with Crippen LogP contribution in [0.3, 0.4) is 0 Å². The zero-order valence-electron chi connectivity index (χ0n) is 36.4. The summed E-state index contributed by atoms with van der Waals surface area (Å²) in [5.41, 5.74) is 0. The van der Waals surface area contributed by atoms with E-state index in [4.69, 9.17) is 9.47 Å². The van der Waals surface area contributed by atoms with E-state index in [2.05, 4.69) is 32.9 Å². The average molecular weight is 747 g/mol. The van der Waals surface area contributed by atoms with Crippen LogP contribution in [-0.4, -0.2) is 25.2 Å². The van der Waals surface area contributed by atoms with Gasteiger partial charge < -0.3 is 9.47 Å². The Bertz CT molecular complexity index is 762. The molecular weight excluding hydrogens is 653 g/mol. The lowest BCUT2D eigenvalue weighted by Crippen LogP contribution is -2.23. The molecule has 0 spiro atoms. The predicted molar refractivity (Wildman–Crippen MR) is 232 cm³/mol. The van der Waals surface area contributed by atoms with Gasteiger partial charge in [0.1, 0.15) is 0 Å². The lowest BCUT2D eigenvalue weighted by atomic mass is 9.97. The van der Waals surface area contributed by atoms with Crippen molar-refractivity contribution >= 4 is 11.9 Å². The van der Waals surface area contributed by atoms with Crippen molar-refractivity contribution in [2.45, 2.75) is 271 Å². The fraction of sp³-hybridized carbons (Fsp3) is 0.918. The van der Waals surface area contributed by atoms with Crippen molar-refractivity contribution in [1.29, 1.82) is 0 Å². The van der Waals surface area contributed by atoms with Gasteiger partial charge in [0, 0.05) is 0 Å². The fourth-order valence-corrected chi connectivity index (χ4v) is 7.39. The van der Waals surface area contributed by atoms with Crippen LogP contribution in [0.1, 0.15) is 271 Å². The molecule has 0 aromatic rings. The fourth-order valence-electron chi connectivity index (χ4n) is 7.39. The number of allylic oxidation sites excluding steroid dienone is 2. The Balaban J connectivity index is 4.19. The summed E-state index contributed by atoms with van der Waals surface area (Å²) < 4.78 is 11.3. The molecule has 0 aliphatic heterocycles. The molecule has 0 rings (SSSR count). The van der Waals surface area contributed by atoms with Crippen LogP contribution in [0, 0.1) is 5.92 Å². The Morgan fingerprint density at radius 1 is 0.377 bits per heavy atom. The molecule has 0 fully saturated rings. The van der Waals surface area contributed by atoms with Gasteiger partial charge in [0.2, 0.25) is 0 Å². The maximum Gasteiger partial charge on any atom is 0.309 e. The summed E-state index contributed by atoms with van der Waals surface area (Å²) in [5, 5.41) is 0. The molecule has 0 heterocycles. The normalized spacial score (nSPS) is 12.1. The van der Waals surface area contributed by atoms with Crippen LogP contribution in [0.5, 0.6) is 0 Å². The third-order valence-corrected chi connectivity index (χ3v) is 11.1. The Hall–Kier alpha value is -1.32. The van der Waals surface area contributed by atoms with E-state index in [1.807, 2.05) is 0 Å². The molecule has 0 amide bonds. The Morgan fingerprint density at radius 2 is 0.679 bits per heavy atom. The number of ether oxygens (including phenoxy) is 2. The van der Waals surface area contributed by atoms with Crippen LogP contribution in [0.25, 0.3) is 0 Å². The van der Waals surface area contributed by atoms with Gasteiger partial charge in [-0.15, -0.1) is 0 Å². The molecule has 314 valence electrons. The summed E-state index contributed by atoms with van der Waals surface area (Å²) in [6, 6.07) is 0. The number of hydrogen-bond acceptors (Lipinski definition) is 4. The smallest absolute Gasteiger partial charge is 0.309 e. The first-order chi connectivity index (χ1) is 26.2. The molecule has 0 N–H and O–H groups in total. The predicted octanol–water partition coefficient (Wildman–Crippen LogP) is 16.5. The minimum atomic E-state index is -0.365. The van der Waals surface area contributed by atoms with Crippen LogP contribution in [0.2, 0.25) is 0 Å². The molecule has 1 unspecified atom stereocenters. The second kappa shape index (κ2) is 45.1. The standard InChI is InChI=1S/C49H94O4/c1-4-7-10-13-16-19-22-23-24-25-26-27-28-29-30-31-34-37-40-43-47(49(51)53-45-42-39-36-33-21-18-15-12-9-6-3)46-48(50)52-44-41-38-35-32-20-17-14-11-8-5-2/h25-26,47H,4-24,27-46H2,1-3H3/b26-25+. The maximum absolute atomic E-state index is 13.1. The molecule has 53 heavy (non-hydrogen) atoms. The molecule has 0 bridgehead atoms. The molecular formula is C49H94O4. The van der Waals surface area contributed by atoms with Gasteiger partial charge in [0.05, 0.1) is 25.6 Å². The highest BCUT2D eigenvalue weighted by Crippen LogP contribution is 2.20. The van der Waals surface area contributed by atoms with E-state index in [1.165, 1.54) is 199 Å². The van der Waals surface area contributed by atoms with E-state index < -0.39 is 0 Å². The number of carbonyl (C=O) groups excluding carboxylic acids is 2. The van der Waals surface area contributed by atoms with Gasteiger partial charge in [-0.1, -0.05) is 232 Å². The second-order valence-corrected chi connectivity index (χ2v) is 16.4. The van der Waals surface area contributed by atoms with Crippen LogP contribution in [0.4, 0.5) is 0 Å². The highest BCUT2D eigenvalue weighted by atomic mass is 16.5. The molecule has 0 aliphatic carbocycles. The first kappa shape index (κ1) is 51.7. The third kappa shape index (κ3) is 41.7. The van der Waals surface area contributed by atoms with Gasteiger partial charge in [-0.2, -0.15) is 0 Å². The Morgan fingerprint density at radius 3 is 1.06 bits per heavy atom. The van der Waals surface area contributed by atoms with Crippen molar-refractivity contribution in [2.75, 3.05) is 13.2 Å². The van der Waals surface area contributed by atoms with E-state index in [0.717, 1.165) is 44.9 Å². The van der Waals surface area contributed by atoms with Crippen molar-refractivity contribution in [1.82, 2.24) is 0 Å². The molecule has 0 saturated carbocycles. The topological polar surface area (TPSA) is 52.6 Å². The van der Waals surface area contributed by atoms with Gasteiger partial charge in [-0.05, 0) is 44.9 Å². The molecule has 0 radical (unpaired) electrons. The summed E-state index contributed by atoms with van der Waals surface area (Å²) in [4.78, 5) is 25.8. The average Bonchev–Trinajstić information content (AvgIpc) is 3.16. The maximum atomic E-state index is 13.1. The van der Waals surface area contributed by atoms with Crippen molar-refractivity contribution in [2.24, 2.45) is 5.92 Å². The zero-order chi connectivity index (χ0) is 38.6. The highest BCUT2D eigenvalue weighted by molar-refractivity contribution is 5.79. The van der Waals surface area contributed by atoms with Gasteiger partial charge in [-0.25, -0.2) is 0 Å². The largest absolute Gasteiger partial charge is 0.466 e. The van der Waals surface area contributed by atoms with Crippen molar-refractivity contribution in [3.63, 3.8) is 0 Å². The number of carbonyl (C=O) groups is 2. The number of rotatable bonds is 44. The SMILES string of the molecule is CCCCCCCCCC/C=C/CCCCCCCCCC(CC(=O)OCCCCCCCCCCCC)C(=O)OCCCCCCCCCCCC. The van der Waals surface area contributed by atoms with E-state index in [0.29, 0.717) is 13.2 Å². The van der Waals surface area contributed by atoms with E-state index >= 15 is 0 Å². The van der Waals surface area contributed by atoms with Crippen molar-refractivity contribution in [3.05, 3.63) is 12.2 Å². The van der Waals surface area contributed by atoms with Gasteiger partial charge >= 0.3 is 11.9 Å². The molecule has 4 nitrogen and oxygen atoms in total. The summed E-state index contributed by atoms with van der Waals surface area (Å²) in [6.07, 6.45) is 53.0. The minimum Gasteiger partial charge on any atom is -0.466 e. The van der Waals surface area contributed by atoms with Crippen molar-refractivity contribution < 1.29 is 19.1 Å².